The summed E-state index contributed by atoms with van der Waals surface area (Å²) in [7, 11) is -3.94. The molecule has 1 aliphatic heterocycles. The number of carbonyl (C=O) groups is 1. The zero-order valence-corrected chi connectivity index (χ0v) is 16.7. The highest BCUT2D eigenvalue weighted by Gasteiger charge is 2.29. The Hall–Kier alpha value is -2.59. The summed E-state index contributed by atoms with van der Waals surface area (Å²) in [5, 5.41) is 6.49. The van der Waals surface area contributed by atoms with Gasteiger partial charge in [-0.15, -0.1) is 0 Å². The van der Waals surface area contributed by atoms with Crippen LogP contribution >= 0.6 is 0 Å². The van der Waals surface area contributed by atoms with Gasteiger partial charge in [-0.2, -0.15) is 4.72 Å². The van der Waals surface area contributed by atoms with Gasteiger partial charge in [0, 0.05) is 12.1 Å². The number of nitrogens with one attached hydrogen (secondary N) is 2. The zero-order chi connectivity index (χ0) is 20.3. The van der Waals surface area contributed by atoms with Crippen LogP contribution in [0.25, 0.3) is 0 Å². The van der Waals surface area contributed by atoms with Gasteiger partial charge < -0.3 is 19.3 Å². The van der Waals surface area contributed by atoms with E-state index < -0.39 is 22.0 Å². The Kier molecular flexibility index (Phi) is 5.90. The van der Waals surface area contributed by atoms with Gasteiger partial charge in [-0.25, -0.2) is 8.42 Å². The lowest BCUT2D eigenvalue weighted by Crippen LogP contribution is -2.49. The average Bonchev–Trinajstić information content (AvgIpc) is 3.09. The van der Waals surface area contributed by atoms with E-state index in [1.54, 1.807) is 32.9 Å². The molecule has 0 aliphatic carbocycles. The van der Waals surface area contributed by atoms with E-state index in [0.29, 0.717) is 36.2 Å². The van der Waals surface area contributed by atoms with Crippen molar-refractivity contribution in [2.75, 3.05) is 13.2 Å². The molecule has 2 aromatic rings. The Morgan fingerprint density at radius 3 is 2.54 bits per heavy atom. The molecule has 0 unspecified atom stereocenters. The van der Waals surface area contributed by atoms with Gasteiger partial charge in [-0.1, -0.05) is 19.0 Å². The summed E-state index contributed by atoms with van der Waals surface area (Å²) >= 11 is 0. The third-order valence-corrected chi connectivity index (χ3v) is 5.61. The van der Waals surface area contributed by atoms with Crippen LogP contribution in [0.1, 0.15) is 25.3 Å². The fourth-order valence-electron chi connectivity index (χ4n) is 2.71. The van der Waals surface area contributed by atoms with Gasteiger partial charge >= 0.3 is 0 Å². The van der Waals surface area contributed by atoms with Gasteiger partial charge in [-0.05, 0) is 25.0 Å². The van der Waals surface area contributed by atoms with Gasteiger partial charge in [0.1, 0.15) is 30.7 Å². The molecule has 1 aromatic heterocycles. The Bertz CT molecular complexity index is 954. The molecule has 10 heteroatoms. The van der Waals surface area contributed by atoms with Crippen molar-refractivity contribution >= 4 is 15.9 Å². The number of hydrogen-bond donors (Lipinski definition) is 2. The first-order valence-electron chi connectivity index (χ1n) is 8.88. The van der Waals surface area contributed by atoms with E-state index in [9.17, 15) is 13.2 Å². The summed E-state index contributed by atoms with van der Waals surface area (Å²) in [6, 6.07) is 5.10. The largest absolute Gasteiger partial charge is 0.486 e. The second-order valence-electron chi connectivity index (χ2n) is 6.80. The SMILES string of the molecule is Cc1cc(CNC(=O)[C@@H](NS(=O)(=O)c2ccc3c(c2)OCCO3)C(C)C)no1. The fourth-order valence-corrected chi connectivity index (χ4v) is 4.07. The van der Waals surface area contributed by atoms with Gasteiger partial charge in [0.2, 0.25) is 15.9 Å². The Morgan fingerprint density at radius 1 is 1.18 bits per heavy atom. The maximum atomic E-state index is 12.8. The number of sulfonamides is 1. The van der Waals surface area contributed by atoms with E-state index in [0.717, 1.165) is 0 Å². The average molecular weight is 409 g/mol. The number of carbonyl (C=O) groups excluding carboxylic acids is 1. The van der Waals surface area contributed by atoms with Crippen LogP contribution in [0.15, 0.2) is 33.7 Å². The maximum absolute atomic E-state index is 12.8. The first-order chi connectivity index (χ1) is 13.3. The number of aromatic nitrogens is 1. The molecule has 1 aromatic carbocycles. The minimum absolute atomic E-state index is 0.00215. The topological polar surface area (TPSA) is 120 Å². The van der Waals surface area contributed by atoms with Gasteiger partial charge in [0.25, 0.3) is 0 Å². The smallest absolute Gasteiger partial charge is 0.241 e. The lowest BCUT2D eigenvalue weighted by atomic mass is 10.1. The molecule has 3 rings (SSSR count). The van der Waals surface area contributed by atoms with Crippen LogP contribution in [-0.2, 0) is 21.4 Å². The number of fused-ring (bicyclic) bond motifs is 1. The molecule has 0 fully saturated rings. The molecule has 28 heavy (non-hydrogen) atoms. The van der Waals surface area contributed by atoms with Crippen LogP contribution in [0.5, 0.6) is 11.5 Å². The molecule has 2 N–H and O–H groups in total. The minimum atomic E-state index is -3.94. The number of ether oxygens (including phenoxy) is 2. The minimum Gasteiger partial charge on any atom is -0.486 e. The quantitative estimate of drug-likeness (QED) is 0.709. The molecule has 0 radical (unpaired) electrons. The third-order valence-electron chi connectivity index (χ3n) is 4.18. The highest BCUT2D eigenvalue weighted by molar-refractivity contribution is 7.89. The lowest BCUT2D eigenvalue weighted by molar-refractivity contribution is -0.123. The van der Waals surface area contributed by atoms with Gasteiger partial charge in [0.05, 0.1) is 11.4 Å². The molecule has 9 nitrogen and oxygen atoms in total. The molecule has 2 heterocycles. The van der Waals surface area contributed by atoms with E-state index in [1.807, 2.05) is 0 Å². The second-order valence-corrected chi connectivity index (χ2v) is 8.51. The Morgan fingerprint density at radius 2 is 1.89 bits per heavy atom. The van der Waals surface area contributed by atoms with Crippen molar-refractivity contribution in [2.24, 2.45) is 5.92 Å². The standard InChI is InChI=1S/C18H23N3O6S/c1-11(2)17(18(22)19-10-13-8-12(3)27-20-13)21-28(23,24)14-4-5-15-16(9-14)26-7-6-25-15/h4-5,8-9,11,17,21H,6-7,10H2,1-3H3,(H,19,22)/t17-/m0/s1. The molecule has 0 bridgehead atoms. The first kappa shape index (κ1) is 20.2. The van der Waals surface area contributed by atoms with Crippen molar-refractivity contribution in [2.45, 2.75) is 38.3 Å². The monoisotopic (exact) mass is 409 g/mol. The van der Waals surface area contributed by atoms with E-state index in [1.165, 1.54) is 12.1 Å². The van der Waals surface area contributed by atoms with Crippen LogP contribution < -0.4 is 19.5 Å². The van der Waals surface area contributed by atoms with Crippen molar-refractivity contribution in [3.63, 3.8) is 0 Å². The predicted octanol–water partition coefficient (Wildman–Crippen LogP) is 1.37. The normalized spacial score (nSPS) is 14.7. The molecule has 1 atom stereocenters. The number of amides is 1. The summed E-state index contributed by atoms with van der Waals surface area (Å²) in [5.74, 6) is 0.763. The summed E-state index contributed by atoms with van der Waals surface area (Å²) in [6.45, 7) is 6.18. The second kappa shape index (κ2) is 8.19. The summed E-state index contributed by atoms with van der Waals surface area (Å²) < 4.78 is 43.9. The lowest BCUT2D eigenvalue weighted by Gasteiger charge is -2.22. The summed E-state index contributed by atoms with van der Waals surface area (Å²) in [4.78, 5) is 12.6. The highest BCUT2D eigenvalue weighted by atomic mass is 32.2. The molecule has 152 valence electrons. The Balaban J connectivity index is 1.72. The highest BCUT2D eigenvalue weighted by Crippen LogP contribution is 2.32. The van der Waals surface area contributed by atoms with E-state index in [2.05, 4.69) is 15.2 Å². The van der Waals surface area contributed by atoms with Gasteiger partial charge in [0.15, 0.2) is 11.5 Å². The maximum Gasteiger partial charge on any atom is 0.241 e. The summed E-state index contributed by atoms with van der Waals surface area (Å²) in [6.07, 6.45) is 0. The molecule has 1 amide bonds. The number of aryl methyl sites for hydroxylation is 1. The van der Waals surface area contributed by atoms with Crippen LogP contribution in [0.3, 0.4) is 0 Å². The van der Waals surface area contributed by atoms with Gasteiger partial charge in [-0.3, -0.25) is 4.79 Å². The Labute approximate surface area is 163 Å². The molecule has 1 aliphatic rings. The molecule has 0 saturated heterocycles. The number of rotatable bonds is 7. The zero-order valence-electron chi connectivity index (χ0n) is 15.9. The summed E-state index contributed by atoms with van der Waals surface area (Å²) in [5.41, 5.74) is 0.558. The third kappa shape index (κ3) is 4.63. The molecular formula is C18H23N3O6S. The predicted molar refractivity (Wildman–Crippen MR) is 99.5 cm³/mol. The van der Waals surface area contributed by atoms with Crippen molar-refractivity contribution in [3.8, 4) is 11.5 Å². The molecular weight excluding hydrogens is 386 g/mol. The fraction of sp³-hybridized carbons (Fsp3) is 0.444. The number of benzene rings is 1. The van der Waals surface area contributed by atoms with E-state index >= 15 is 0 Å². The first-order valence-corrected chi connectivity index (χ1v) is 10.4. The molecule has 0 spiro atoms. The molecule has 0 saturated carbocycles. The van der Waals surface area contributed by atoms with Crippen molar-refractivity contribution in [3.05, 3.63) is 35.7 Å². The number of nitrogens with zero attached hydrogens (tertiary/aromatic N) is 1. The van der Waals surface area contributed by atoms with Crippen LogP contribution in [0, 0.1) is 12.8 Å². The van der Waals surface area contributed by atoms with Crippen molar-refractivity contribution in [1.29, 1.82) is 0 Å². The van der Waals surface area contributed by atoms with E-state index in [4.69, 9.17) is 14.0 Å². The van der Waals surface area contributed by atoms with E-state index in [-0.39, 0.29) is 17.4 Å². The van der Waals surface area contributed by atoms with Crippen molar-refractivity contribution in [1.82, 2.24) is 15.2 Å². The number of hydrogen-bond acceptors (Lipinski definition) is 7. The van der Waals surface area contributed by atoms with Crippen LogP contribution in [0.2, 0.25) is 0 Å². The van der Waals surface area contributed by atoms with Crippen molar-refractivity contribution < 1.29 is 27.2 Å². The van der Waals surface area contributed by atoms with Crippen LogP contribution in [0.4, 0.5) is 0 Å². The van der Waals surface area contributed by atoms with Crippen LogP contribution in [-0.4, -0.2) is 38.7 Å².